The highest BCUT2D eigenvalue weighted by Crippen LogP contribution is 2.19. The van der Waals surface area contributed by atoms with Crippen LogP contribution in [0.5, 0.6) is 0 Å². The molecule has 0 spiro atoms. The van der Waals surface area contributed by atoms with Gasteiger partial charge in [0.1, 0.15) is 0 Å². The summed E-state index contributed by atoms with van der Waals surface area (Å²) in [6, 6.07) is 21.7. The van der Waals surface area contributed by atoms with Gasteiger partial charge in [-0.15, -0.1) is 0 Å². The number of non-ortho nitro benzene ring substituents is 1. The molecule has 0 heterocycles. The zero-order valence-electron chi connectivity index (χ0n) is 14.6. The molecule has 0 saturated heterocycles. The first kappa shape index (κ1) is 18.6. The van der Waals surface area contributed by atoms with Crippen LogP contribution in [-0.2, 0) is 9.59 Å². The minimum absolute atomic E-state index is 0.105. The highest BCUT2D eigenvalue weighted by atomic mass is 16.6. The second kappa shape index (κ2) is 8.45. The number of carbonyl (C=O) groups excluding carboxylic acids is 2. The molecule has 0 aromatic heterocycles. The third-order valence-electron chi connectivity index (χ3n) is 3.75. The van der Waals surface area contributed by atoms with E-state index in [-0.39, 0.29) is 11.4 Å². The molecule has 0 atom stereocenters. The van der Waals surface area contributed by atoms with Crippen LogP contribution in [0.3, 0.4) is 0 Å². The average molecular weight is 376 g/mol. The average Bonchev–Trinajstić information content (AvgIpc) is 2.70. The lowest BCUT2D eigenvalue weighted by molar-refractivity contribution is -0.384. The van der Waals surface area contributed by atoms with Crippen LogP contribution in [-0.4, -0.2) is 16.7 Å². The van der Waals surface area contributed by atoms with E-state index in [1.54, 1.807) is 24.3 Å². The fourth-order valence-corrected chi connectivity index (χ4v) is 2.37. The number of nitro groups is 1. The molecular formula is C20H16N4O4. The van der Waals surface area contributed by atoms with Crippen LogP contribution in [0.15, 0.2) is 78.9 Å². The van der Waals surface area contributed by atoms with Gasteiger partial charge in [-0.05, 0) is 48.5 Å². The van der Waals surface area contributed by atoms with Gasteiger partial charge in [0.25, 0.3) is 5.69 Å². The van der Waals surface area contributed by atoms with Crippen LogP contribution >= 0.6 is 0 Å². The second-order valence-electron chi connectivity index (χ2n) is 5.78. The molecule has 8 nitrogen and oxygen atoms in total. The molecule has 0 aliphatic rings. The van der Waals surface area contributed by atoms with Gasteiger partial charge >= 0.3 is 11.8 Å². The van der Waals surface area contributed by atoms with E-state index in [9.17, 15) is 19.7 Å². The molecular weight excluding hydrogens is 360 g/mol. The van der Waals surface area contributed by atoms with E-state index in [0.29, 0.717) is 5.69 Å². The number of rotatable bonds is 5. The number of nitrogens with zero attached hydrogens (tertiary/aromatic N) is 1. The third-order valence-corrected chi connectivity index (χ3v) is 3.75. The van der Waals surface area contributed by atoms with E-state index in [4.69, 9.17) is 0 Å². The highest BCUT2D eigenvalue weighted by molar-refractivity contribution is 6.43. The summed E-state index contributed by atoms with van der Waals surface area (Å²) in [5, 5.41) is 18.7. The third kappa shape index (κ3) is 4.92. The SMILES string of the molecule is O=C(Nc1ccc(Nc2ccccc2)cc1)C(=O)Nc1ccc([N+](=O)[O-])cc1. The van der Waals surface area contributed by atoms with Gasteiger partial charge < -0.3 is 16.0 Å². The van der Waals surface area contributed by atoms with Crippen molar-refractivity contribution in [3.8, 4) is 0 Å². The van der Waals surface area contributed by atoms with Crippen molar-refractivity contribution in [3.63, 3.8) is 0 Å². The van der Waals surface area contributed by atoms with Crippen molar-refractivity contribution in [2.75, 3.05) is 16.0 Å². The second-order valence-corrected chi connectivity index (χ2v) is 5.78. The number of nitrogens with one attached hydrogen (secondary N) is 3. The van der Waals surface area contributed by atoms with Gasteiger partial charge in [-0.25, -0.2) is 0 Å². The molecule has 0 radical (unpaired) electrons. The number of benzene rings is 3. The molecule has 0 unspecified atom stereocenters. The molecule has 3 aromatic carbocycles. The van der Waals surface area contributed by atoms with Gasteiger partial charge in [0.2, 0.25) is 0 Å². The van der Waals surface area contributed by atoms with Crippen LogP contribution in [0.1, 0.15) is 0 Å². The summed E-state index contributed by atoms with van der Waals surface area (Å²) in [6.45, 7) is 0. The molecule has 140 valence electrons. The molecule has 8 heteroatoms. The summed E-state index contributed by atoms with van der Waals surface area (Å²) in [5.74, 6) is -1.72. The summed E-state index contributed by atoms with van der Waals surface area (Å²) in [7, 11) is 0. The molecule has 0 bridgehead atoms. The van der Waals surface area contributed by atoms with E-state index < -0.39 is 16.7 Å². The van der Waals surface area contributed by atoms with E-state index in [1.165, 1.54) is 24.3 Å². The molecule has 0 saturated carbocycles. The largest absolute Gasteiger partial charge is 0.356 e. The molecule has 2 amide bonds. The van der Waals surface area contributed by atoms with Gasteiger partial charge in [-0.3, -0.25) is 19.7 Å². The summed E-state index contributed by atoms with van der Waals surface area (Å²) in [5.41, 5.74) is 2.41. The van der Waals surface area contributed by atoms with E-state index in [0.717, 1.165) is 11.4 Å². The van der Waals surface area contributed by atoms with Crippen molar-refractivity contribution in [1.29, 1.82) is 0 Å². The van der Waals surface area contributed by atoms with Crippen LogP contribution in [0, 0.1) is 10.1 Å². The molecule has 28 heavy (non-hydrogen) atoms. The fourth-order valence-electron chi connectivity index (χ4n) is 2.37. The fraction of sp³-hybridized carbons (Fsp3) is 0. The topological polar surface area (TPSA) is 113 Å². The Balaban J connectivity index is 1.56. The predicted octanol–water partition coefficient (Wildman–Crippen LogP) is 3.92. The number of nitro benzene ring substituents is 1. The zero-order chi connectivity index (χ0) is 19.9. The quantitative estimate of drug-likeness (QED) is 0.355. The van der Waals surface area contributed by atoms with Crippen molar-refractivity contribution < 1.29 is 14.5 Å². The van der Waals surface area contributed by atoms with Crippen molar-refractivity contribution in [3.05, 3.63) is 89.0 Å². The maximum absolute atomic E-state index is 12.0. The Labute approximate surface area is 160 Å². The normalized spacial score (nSPS) is 10.0. The van der Waals surface area contributed by atoms with Crippen LogP contribution in [0.2, 0.25) is 0 Å². The first-order valence-electron chi connectivity index (χ1n) is 8.30. The number of amides is 2. The lowest BCUT2D eigenvalue weighted by Crippen LogP contribution is -2.29. The van der Waals surface area contributed by atoms with Crippen molar-refractivity contribution in [2.45, 2.75) is 0 Å². The van der Waals surface area contributed by atoms with Gasteiger partial charge in [-0.2, -0.15) is 0 Å². The van der Waals surface area contributed by atoms with E-state index in [2.05, 4.69) is 16.0 Å². The van der Waals surface area contributed by atoms with Gasteiger partial charge in [-0.1, -0.05) is 18.2 Å². The Morgan fingerprint density at radius 2 is 1.07 bits per heavy atom. The maximum Gasteiger partial charge on any atom is 0.314 e. The molecule has 0 aliphatic carbocycles. The van der Waals surface area contributed by atoms with Crippen LogP contribution in [0.25, 0.3) is 0 Å². The summed E-state index contributed by atoms with van der Waals surface area (Å²) in [4.78, 5) is 34.1. The molecule has 3 aromatic rings. The number of anilines is 4. The van der Waals surface area contributed by atoms with E-state index in [1.807, 2.05) is 30.3 Å². The Morgan fingerprint density at radius 3 is 1.57 bits per heavy atom. The lowest BCUT2D eigenvalue weighted by Gasteiger charge is -2.09. The predicted molar refractivity (Wildman–Crippen MR) is 107 cm³/mol. The lowest BCUT2D eigenvalue weighted by atomic mass is 10.2. The highest BCUT2D eigenvalue weighted by Gasteiger charge is 2.14. The summed E-state index contributed by atoms with van der Waals surface area (Å²) >= 11 is 0. The first-order chi connectivity index (χ1) is 13.5. The summed E-state index contributed by atoms with van der Waals surface area (Å²) in [6.07, 6.45) is 0. The zero-order valence-corrected chi connectivity index (χ0v) is 14.6. The Hall–Kier alpha value is -4.20. The Morgan fingerprint density at radius 1 is 0.643 bits per heavy atom. The number of para-hydroxylation sites is 1. The van der Waals surface area contributed by atoms with Crippen molar-refractivity contribution in [2.24, 2.45) is 0 Å². The first-order valence-corrected chi connectivity index (χ1v) is 8.30. The van der Waals surface area contributed by atoms with Crippen molar-refractivity contribution in [1.82, 2.24) is 0 Å². The van der Waals surface area contributed by atoms with Crippen LogP contribution < -0.4 is 16.0 Å². The minimum atomic E-state index is -0.875. The Bertz CT molecular complexity index is 987. The standard InChI is InChI=1S/C20H16N4O4/c25-19(20(26)23-17-10-12-18(13-11-17)24(27)28)22-16-8-6-15(7-9-16)21-14-4-2-1-3-5-14/h1-13,21H,(H,22,25)(H,23,26). The van der Waals surface area contributed by atoms with E-state index >= 15 is 0 Å². The van der Waals surface area contributed by atoms with Gasteiger partial charge in [0, 0.05) is 34.9 Å². The monoisotopic (exact) mass is 376 g/mol. The number of hydrogen-bond donors (Lipinski definition) is 3. The minimum Gasteiger partial charge on any atom is -0.356 e. The smallest absolute Gasteiger partial charge is 0.314 e. The summed E-state index contributed by atoms with van der Waals surface area (Å²) < 4.78 is 0. The van der Waals surface area contributed by atoms with Gasteiger partial charge in [0.15, 0.2) is 0 Å². The van der Waals surface area contributed by atoms with Gasteiger partial charge in [0.05, 0.1) is 4.92 Å². The van der Waals surface area contributed by atoms with Crippen LogP contribution in [0.4, 0.5) is 28.4 Å². The Kier molecular flexibility index (Phi) is 5.61. The maximum atomic E-state index is 12.0. The molecule has 0 aliphatic heterocycles. The number of carbonyl (C=O) groups is 2. The molecule has 0 fully saturated rings. The molecule has 3 rings (SSSR count). The molecule has 3 N–H and O–H groups in total. The number of hydrogen-bond acceptors (Lipinski definition) is 5. The van der Waals surface area contributed by atoms with Crippen molar-refractivity contribution >= 4 is 40.3 Å².